The highest BCUT2D eigenvalue weighted by atomic mass is 16.4. The molecular formula is C21H32O2. The van der Waals surface area contributed by atoms with E-state index >= 15 is 0 Å². The maximum Gasteiger partial charge on any atom is 0.328 e. The third-order valence-electron chi connectivity index (χ3n) is 4.32. The van der Waals surface area contributed by atoms with Crippen LogP contribution in [-0.2, 0) is 4.79 Å². The second-order valence-corrected chi connectivity index (χ2v) is 6.71. The Bertz CT molecular complexity index is 540. The Morgan fingerprint density at radius 2 is 1.74 bits per heavy atom. The number of carboxylic acids is 1. The number of allylic oxidation sites excluding steroid dienone is 9. The molecule has 0 saturated carbocycles. The first kappa shape index (κ1) is 21.2. The summed E-state index contributed by atoms with van der Waals surface area (Å²) >= 11 is 0. The van der Waals surface area contributed by atoms with Gasteiger partial charge in [-0.25, -0.2) is 4.79 Å². The predicted molar refractivity (Wildman–Crippen MR) is 100 cm³/mol. The van der Waals surface area contributed by atoms with Crippen molar-refractivity contribution in [2.75, 3.05) is 0 Å². The van der Waals surface area contributed by atoms with E-state index in [9.17, 15) is 4.79 Å². The minimum Gasteiger partial charge on any atom is -0.478 e. The summed E-state index contributed by atoms with van der Waals surface area (Å²) < 4.78 is 0. The Balaban J connectivity index is 5.13. The van der Waals surface area contributed by atoms with Crippen molar-refractivity contribution in [1.82, 2.24) is 0 Å². The number of rotatable bonds is 8. The molecule has 0 aromatic carbocycles. The average molecular weight is 316 g/mol. The zero-order valence-corrected chi connectivity index (χ0v) is 15.7. The van der Waals surface area contributed by atoms with E-state index in [1.165, 1.54) is 11.6 Å². The van der Waals surface area contributed by atoms with Gasteiger partial charge < -0.3 is 5.11 Å². The maximum atomic E-state index is 10.6. The molecule has 0 aliphatic heterocycles. The first-order valence-electron chi connectivity index (χ1n) is 8.21. The van der Waals surface area contributed by atoms with Crippen molar-refractivity contribution in [1.29, 1.82) is 0 Å². The Hall–Kier alpha value is -1.83. The van der Waals surface area contributed by atoms with Gasteiger partial charge in [0.2, 0.25) is 0 Å². The van der Waals surface area contributed by atoms with Crippen LogP contribution in [-0.4, -0.2) is 11.1 Å². The average Bonchev–Trinajstić information content (AvgIpc) is 2.46. The van der Waals surface area contributed by atoms with E-state index in [-0.39, 0.29) is 5.41 Å². The van der Waals surface area contributed by atoms with Gasteiger partial charge >= 0.3 is 5.97 Å². The number of hydrogen-bond acceptors (Lipinski definition) is 1. The summed E-state index contributed by atoms with van der Waals surface area (Å²) in [6.07, 6.45) is 14.6. The van der Waals surface area contributed by atoms with Crippen LogP contribution in [0.15, 0.2) is 59.3 Å². The van der Waals surface area contributed by atoms with Crippen LogP contribution in [0.2, 0.25) is 0 Å². The van der Waals surface area contributed by atoms with E-state index in [1.807, 2.05) is 12.2 Å². The number of hydrogen-bond donors (Lipinski definition) is 1. The molecule has 0 fully saturated rings. The highest BCUT2D eigenvalue weighted by molar-refractivity contribution is 5.81. The van der Waals surface area contributed by atoms with Crippen LogP contribution in [0.25, 0.3) is 0 Å². The van der Waals surface area contributed by atoms with Crippen molar-refractivity contribution in [3.63, 3.8) is 0 Å². The standard InChI is InChI=1S/C21H32O2/c1-8-18(5)19(21(6,7)9-2)14-13-16(3)11-10-12-17(4)15-20(22)23/h8,10-15,19H,9H2,1-7H3,(H,22,23)/b12-10+,14-13+,16-11+,17-15+,18-8-. The van der Waals surface area contributed by atoms with Gasteiger partial charge in [-0.1, -0.05) is 74.8 Å². The zero-order valence-electron chi connectivity index (χ0n) is 15.7. The van der Waals surface area contributed by atoms with Gasteiger partial charge in [0, 0.05) is 12.0 Å². The predicted octanol–water partition coefficient (Wildman–Crippen LogP) is 6.09. The van der Waals surface area contributed by atoms with Gasteiger partial charge in [-0.05, 0) is 38.7 Å². The third-order valence-corrected chi connectivity index (χ3v) is 4.32. The van der Waals surface area contributed by atoms with Gasteiger partial charge in [0.1, 0.15) is 0 Å². The first-order valence-corrected chi connectivity index (χ1v) is 8.21. The van der Waals surface area contributed by atoms with Crippen molar-refractivity contribution in [3.05, 3.63) is 59.3 Å². The lowest BCUT2D eigenvalue weighted by Crippen LogP contribution is -2.22. The minimum absolute atomic E-state index is 0.226. The Labute approximate surface area is 142 Å². The van der Waals surface area contributed by atoms with Gasteiger partial charge in [-0.3, -0.25) is 0 Å². The summed E-state index contributed by atoms with van der Waals surface area (Å²) in [6, 6.07) is 0. The molecule has 0 radical (unpaired) electrons. The van der Waals surface area contributed by atoms with Crippen molar-refractivity contribution in [2.24, 2.45) is 11.3 Å². The molecule has 0 saturated heterocycles. The number of carbonyl (C=O) groups is 1. The summed E-state index contributed by atoms with van der Waals surface area (Å²) in [4.78, 5) is 10.6. The fourth-order valence-electron chi connectivity index (χ4n) is 2.33. The summed E-state index contributed by atoms with van der Waals surface area (Å²) in [5, 5.41) is 8.67. The molecule has 0 amide bonds. The lowest BCUT2D eigenvalue weighted by molar-refractivity contribution is -0.131. The van der Waals surface area contributed by atoms with Gasteiger partial charge in [0.15, 0.2) is 0 Å². The summed E-state index contributed by atoms with van der Waals surface area (Å²) in [5.74, 6) is -0.502. The monoisotopic (exact) mass is 316 g/mol. The van der Waals surface area contributed by atoms with Crippen molar-refractivity contribution in [2.45, 2.75) is 54.9 Å². The molecule has 0 aromatic rings. The first-order chi connectivity index (χ1) is 10.6. The number of aliphatic carboxylic acids is 1. The van der Waals surface area contributed by atoms with Gasteiger partial charge in [0.05, 0.1) is 0 Å². The van der Waals surface area contributed by atoms with E-state index in [0.29, 0.717) is 5.92 Å². The molecule has 0 aliphatic rings. The quantitative estimate of drug-likeness (QED) is 0.334. The van der Waals surface area contributed by atoms with Crippen molar-refractivity contribution in [3.8, 4) is 0 Å². The van der Waals surface area contributed by atoms with Crippen molar-refractivity contribution >= 4 is 5.97 Å². The fraction of sp³-hybridized carbons (Fsp3) is 0.476. The Morgan fingerprint density at radius 1 is 1.13 bits per heavy atom. The zero-order chi connectivity index (χ0) is 18.0. The molecule has 0 spiro atoms. The second-order valence-electron chi connectivity index (χ2n) is 6.71. The molecule has 1 N–H and O–H groups in total. The SMILES string of the molecule is C/C=C(/C)C(/C=C/C(C)=C/C=C/C(C)=C/C(=O)O)C(C)(C)CC. The summed E-state index contributed by atoms with van der Waals surface area (Å²) in [6.45, 7) is 14.9. The van der Waals surface area contributed by atoms with Crippen LogP contribution >= 0.6 is 0 Å². The van der Waals surface area contributed by atoms with Crippen molar-refractivity contribution < 1.29 is 9.90 Å². The lowest BCUT2D eigenvalue weighted by Gasteiger charge is -2.32. The smallest absolute Gasteiger partial charge is 0.328 e. The lowest BCUT2D eigenvalue weighted by atomic mass is 9.73. The van der Waals surface area contributed by atoms with E-state index in [0.717, 1.165) is 17.6 Å². The Morgan fingerprint density at radius 3 is 2.22 bits per heavy atom. The highest BCUT2D eigenvalue weighted by Gasteiger charge is 2.26. The molecule has 23 heavy (non-hydrogen) atoms. The van der Waals surface area contributed by atoms with E-state index in [1.54, 1.807) is 13.0 Å². The normalized spacial score (nSPS) is 16.4. The van der Waals surface area contributed by atoms with Crippen LogP contribution in [0.3, 0.4) is 0 Å². The summed E-state index contributed by atoms with van der Waals surface area (Å²) in [7, 11) is 0. The third kappa shape index (κ3) is 8.39. The van der Waals surface area contributed by atoms with E-state index < -0.39 is 5.97 Å². The second kappa shape index (κ2) is 10.0. The number of carboxylic acid groups (broad SMARTS) is 1. The maximum absolute atomic E-state index is 10.6. The topological polar surface area (TPSA) is 37.3 Å². The molecule has 0 aliphatic carbocycles. The van der Waals surface area contributed by atoms with E-state index in [2.05, 4.69) is 59.8 Å². The van der Waals surface area contributed by atoms with Gasteiger partial charge in [-0.2, -0.15) is 0 Å². The van der Waals surface area contributed by atoms with Gasteiger partial charge in [-0.15, -0.1) is 0 Å². The molecular weight excluding hydrogens is 284 g/mol. The molecule has 0 aromatic heterocycles. The molecule has 0 bridgehead atoms. The summed E-state index contributed by atoms with van der Waals surface area (Å²) in [5.41, 5.74) is 3.48. The minimum atomic E-state index is -0.917. The van der Waals surface area contributed by atoms with Crippen LogP contribution in [0, 0.1) is 11.3 Å². The van der Waals surface area contributed by atoms with Crippen LogP contribution in [0.1, 0.15) is 54.9 Å². The molecule has 2 heteroatoms. The molecule has 1 atom stereocenters. The molecule has 1 unspecified atom stereocenters. The largest absolute Gasteiger partial charge is 0.478 e. The fourth-order valence-corrected chi connectivity index (χ4v) is 2.33. The van der Waals surface area contributed by atoms with Crippen LogP contribution in [0.4, 0.5) is 0 Å². The molecule has 128 valence electrons. The van der Waals surface area contributed by atoms with Crippen LogP contribution < -0.4 is 0 Å². The molecule has 0 heterocycles. The molecule has 2 nitrogen and oxygen atoms in total. The molecule has 0 rings (SSSR count). The Kier molecular flexibility index (Phi) is 9.24. The van der Waals surface area contributed by atoms with E-state index in [4.69, 9.17) is 5.11 Å². The van der Waals surface area contributed by atoms with Crippen LogP contribution in [0.5, 0.6) is 0 Å². The van der Waals surface area contributed by atoms with Gasteiger partial charge in [0.25, 0.3) is 0 Å². The highest BCUT2D eigenvalue weighted by Crippen LogP contribution is 2.36.